The zero-order valence-corrected chi connectivity index (χ0v) is 15.8. The molecule has 142 valence electrons. The van der Waals surface area contributed by atoms with Gasteiger partial charge in [-0.2, -0.15) is 0 Å². The maximum Gasteiger partial charge on any atom is 0.227 e. The molecule has 1 aromatic heterocycles. The van der Waals surface area contributed by atoms with Crippen LogP contribution >= 0.6 is 12.4 Å². The van der Waals surface area contributed by atoms with Gasteiger partial charge in [0.05, 0.1) is 11.1 Å². The van der Waals surface area contributed by atoms with Gasteiger partial charge in [0.15, 0.2) is 0 Å². The Morgan fingerprint density at radius 1 is 1.27 bits per heavy atom. The molecular weight excluding hydrogens is 354 g/mol. The molecule has 1 fully saturated rings. The monoisotopic (exact) mass is 379 g/mol. The number of carbonyl (C=O) groups is 1. The molecule has 0 saturated carbocycles. The van der Waals surface area contributed by atoms with E-state index in [1.807, 2.05) is 31.2 Å². The summed E-state index contributed by atoms with van der Waals surface area (Å²) in [5.41, 5.74) is 8.33. The summed E-state index contributed by atoms with van der Waals surface area (Å²) in [7, 11) is 0. The number of hydrogen-bond acceptors (Lipinski definition) is 5. The molecule has 0 spiro atoms. The van der Waals surface area contributed by atoms with Crippen LogP contribution in [0.4, 0.5) is 0 Å². The van der Waals surface area contributed by atoms with Crippen LogP contribution < -0.4 is 11.1 Å². The summed E-state index contributed by atoms with van der Waals surface area (Å²) >= 11 is 0. The summed E-state index contributed by atoms with van der Waals surface area (Å²) in [6.07, 6.45) is 3.63. The SMILES string of the molecule is Cc1ccc(-c2nc(CCNC(=O)C3(CN)CCOCC3)co2)cc1.Cl. The Bertz CT molecular complexity index is 709. The largest absolute Gasteiger partial charge is 0.444 e. The fraction of sp³-hybridized carbons (Fsp3) is 0.474. The van der Waals surface area contributed by atoms with Gasteiger partial charge >= 0.3 is 0 Å². The maximum absolute atomic E-state index is 12.5. The van der Waals surface area contributed by atoms with Crippen molar-refractivity contribution in [2.24, 2.45) is 11.1 Å². The lowest BCUT2D eigenvalue weighted by atomic mass is 9.79. The second kappa shape index (κ2) is 9.16. The lowest BCUT2D eigenvalue weighted by Gasteiger charge is -2.34. The molecule has 0 unspecified atom stereocenters. The van der Waals surface area contributed by atoms with Crippen molar-refractivity contribution in [1.82, 2.24) is 10.3 Å². The van der Waals surface area contributed by atoms with Crippen molar-refractivity contribution in [3.63, 3.8) is 0 Å². The van der Waals surface area contributed by atoms with Crippen LogP contribution in [0.3, 0.4) is 0 Å². The minimum atomic E-state index is -0.491. The van der Waals surface area contributed by atoms with Gasteiger partial charge in [0, 0.05) is 38.3 Å². The van der Waals surface area contributed by atoms with Crippen LogP contribution in [0.15, 0.2) is 34.9 Å². The van der Waals surface area contributed by atoms with E-state index < -0.39 is 5.41 Å². The lowest BCUT2D eigenvalue weighted by Crippen LogP contribution is -2.49. The molecular formula is C19H26ClN3O3. The molecule has 1 aliphatic heterocycles. The highest BCUT2D eigenvalue weighted by atomic mass is 35.5. The van der Waals surface area contributed by atoms with Crippen molar-refractivity contribution < 1.29 is 13.9 Å². The molecule has 0 atom stereocenters. The van der Waals surface area contributed by atoms with Crippen LogP contribution in [0, 0.1) is 12.3 Å². The Morgan fingerprint density at radius 2 is 1.96 bits per heavy atom. The standard InChI is InChI=1S/C19H25N3O3.ClH/c1-14-2-4-15(5-3-14)17-22-16(12-25-17)6-9-21-18(23)19(13-20)7-10-24-11-8-19;/h2-5,12H,6-11,13,20H2,1H3,(H,21,23);1H. The van der Waals surface area contributed by atoms with E-state index in [-0.39, 0.29) is 18.3 Å². The fourth-order valence-corrected chi connectivity index (χ4v) is 3.03. The van der Waals surface area contributed by atoms with Gasteiger partial charge in [-0.3, -0.25) is 4.79 Å². The van der Waals surface area contributed by atoms with Crippen molar-refractivity contribution >= 4 is 18.3 Å². The van der Waals surface area contributed by atoms with Crippen molar-refractivity contribution in [2.45, 2.75) is 26.2 Å². The number of nitrogens with one attached hydrogen (secondary N) is 1. The van der Waals surface area contributed by atoms with E-state index in [0.717, 1.165) is 11.3 Å². The summed E-state index contributed by atoms with van der Waals surface area (Å²) in [6, 6.07) is 8.03. The van der Waals surface area contributed by atoms with E-state index >= 15 is 0 Å². The van der Waals surface area contributed by atoms with Gasteiger partial charge in [-0.05, 0) is 31.9 Å². The van der Waals surface area contributed by atoms with E-state index in [9.17, 15) is 4.79 Å². The molecule has 1 saturated heterocycles. The first kappa shape index (κ1) is 20.4. The van der Waals surface area contributed by atoms with Crippen molar-refractivity contribution in [3.05, 3.63) is 41.8 Å². The first-order valence-corrected chi connectivity index (χ1v) is 8.70. The van der Waals surface area contributed by atoms with Crippen LogP contribution in [0.1, 0.15) is 24.1 Å². The summed E-state index contributed by atoms with van der Waals surface area (Å²) in [5, 5.41) is 2.99. The third-order valence-corrected chi connectivity index (χ3v) is 4.84. The molecule has 1 aliphatic rings. The fourth-order valence-electron chi connectivity index (χ4n) is 3.03. The number of amides is 1. The molecule has 6 nitrogen and oxygen atoms in total. The van der Waals surface area contributed by atoms with E-state index in [4.69, 9.17) is 14.9 Å². The number of ether oxygens (including phenoxy) is 1. The van der Waals surface area contributed by atoms with Crippen molar-refractivity contribution in [1.29, 1.82) is 0 Å². The third-order valence-electron chi connectivity index (χ3n) is 4.84. The number of aryl methyl sites for hydroxylation is 1. The Kier molecular flexibility index (Phi) is 7.20. The Hall–Kier alpha value is -1.89. The van der Waals surface area contributed by atoms with Gasteiger partial charge in [-0.25, -0.2) is 4.98 Å². The van der Waals surface area contributed by atoms with E-state index in [0.29, 0.717) is 51.5 Å². The number of aromatic nitrogens is 1. The molecule has 3 N–H and O–H groups in total. The van der Waals surface area contributed by atoms with Crippen LogP contribution in [0.2, 0.25) is 0 Å². The maximum atomic E-state index is 12.5. The first-order chi connectivity index (χ1) is 12.1. The van der Waals surface area contributed by atoms with Gasteiger partial charge in [-0.15, -0.1) is 12.4 Å². The average Bonchev–Trinajstić information content (AvgIpc) is 3.11. The molecule has 26 heavy (non-hydrogen) atoms. The smallest absolute Gasteiger partial charge is 0.227 e. The van der Waals surface area contributed by atoms with Crippen LogP contribution in [-0.2, 0) is 16.0 Å². The number of nitrogens with two attached hydrogens (primary N) is 1. The number of rotatable bonds is 6. The topological polar surface area (TPSA) is 90.4 Å². The number of halogens is 1. The average molecular weight is 380 g/mol. The predicted octanol–water partition coefficient (Wildman–Crippen LogP) is 2.49. The van der Waals surface area contributed by atoms with E-state index in [1.54, 1.807) is 6.26 Å². The highest BCUT2D eigenvalue weighted by molar-refractivity contribution is 5.85. The zero-order chi connectivity index (χ0) is 17.7. The van der Waals surface area contributed by atoms with Crippen LogP contribution in [0.25, 0.3) is 11.5 Å². The molecule has 0 aliphatic carbocycles. The van der Waals surface area contributed by atoms with E-state index in [1.165, 1.54) is 5.56 Å². The molecule has 2 aromatic rings. The number of nitrogens with zero attached hydrogens (tertiary/aromatic N) is 1. The molecule has 0 bridgehead atoms. The minimum absolute atomic E-state index is 0. The summed E-state index contributed by atoms with van der Waals surface area (Å²) in [5.74, 6) is 0.615. The minimum Gasteiger partial charge on any atom is -0.444 e. The Balaban J connectivity index is 0.00000243. The lowest BCUT2D eigenvalue weighted by molar-refractivity contribution is -0.135. The van der Waals surface area contributed by atoms with Crippen molar-refractivity contribution in [2.75, 3.05) is 26.3 Å². The van der Waals surface area contributed by atoms with Gasteiger partial charge in [0.1, 0.15) is 6.26 Å². The third kappa shape index (κ3) is 4.63. The molecule has 2 heterocycles. The van der Waals surface area contributed by atoms with Gasteiger partial charge in [0.2, 0.25) is 11.8 Å². The van der Waals surface area contributed by atoms with Gasteiger partial charge < -0.3 is 20.2 Å². The molecule has 1 aromatic carbocycles. The van der Waals surface area contributed by atoms with Gasteiger partial charge in [-0.1, -0.05) is 17.7 Å². The summed E-state index contributed by atoms with van der Waals surface area (Å²) < 4.78 is 10.9. The quantitative estimate of drug-likeness (QED) is 0.804. The number of oxazole rings is 1. The number of hydrogen-bond donors (Lipinski definition) is 2. The van der Waals surface area contributed by atoms with Crippen molar-refractivity contribution in [3.8, 4) is 11.5 Å². The second-order valence-electron chi connectivity index (χ2n) is 6.61. The van der Waals surface area contributed by atoms with Gasteiger partial charge in [0.25, 0.3) is 0 Å². The molecule has 0 radical (unpaired) electrons. The van der Waals surface area contributed by atoms with Crippen LogP contribution in [0.5, 0.6) is 0 Å². The van der Waals surface area contributed by atoms with E-state index in [2.05, 4.69) is 10.3 Å². The molecule has 1 amide bonds. The summed E-state index contributed by atoms with van der Waals surface area (Å²) in [6.45, 7) is 4.09. The predicted molar refractivity (Wildman–Crippen MR) is 102 cm³/mol. The Morgan fingerprint density at radius 3 is 2.62 bits per heavy atom. The summed E-state index contributed by atoms with van der Waals surface area (Å²) in [4.78, 5) is 17.0. The molecule has 7 heteroatoms. The molecule has 3 rings (SSSR count). The highest BCUT2D eigenvalue weighted by Gasteiger charge is 2.38. The Labute approximate surface area is 159 Å². The second-order valence-corrected chi connectivity index (χ2v) is 6.61. The first-order valence-electron chi connectivity index (χ1n) is 8.70. The zero-order valence-electron chi connectivity index (χ0n) is 15.0. The number of benzene rings is 1. The normalized spacial score (nSPS) is 15.9. The highest BCUT2D eigenvalue weighted by Crippen LogP contribution is 2.29. The van der Waals surface area contributed by atoms with Crippen LogP contribution in [-0.4, -0.2) is 37.2 Å². The number of carbonyl (C=O) groups excluding carboxylic acids is 1.